The summed E-state index contributed by atoms with van der Waals surface area (Å²) in [6, 6.07) is 0. The maximum atomic E-state index is 12.2. The van der Waals surface area contributed by atoms with Crippen molar-refractivity contribution in [3.8, 4) is 0 Å². The number of aromatic nitrogens is 1. The molecule has 0 atom stereocenters. The Morgan fingerprint density at radius 2 is 2.19 bits per heavy atom. The lowest BCUT2D eigenvalue weighted by Crippen LogP contribution is -2.43. The van der Waals surface area contributed by atoms with Gasteiger partial charge in [-0.05, 0) is 19.3 Å². The van der Waals surface area contributed by atoms with Crippen molar-refractivity contribution in [1.82, 2.24) is 15.2 Å². The summed E-state index contributed by atoms with van der Waals surface area (Å²) in [6.45, 7) is 4.04. The lowest BCUT2D eigenvalue weighted by molar-refractivity contribution is -0.126. The summed E-state index contributed by atoms with van der Waals surface area (Å²) in [4.78, 5) is 30.0. The molecule has 0 saturated carbocycles. The molecule has 2 rings (SSSR count). The fourth-order valence-electron chi connectivity index (χ4n) is 2.43. The minimum absolute atomic E-state index is 0.0198. The Morgan fingerprint density at radius 3 is 2.76 bits per heavy atom. The van der Waals surface area contributed by atoms with Crippen LogP contribution in [0.5, 0.6) is 0 Å². The predicted molar refractivity (Wildman–Crippen MR) is 83.1 cm³/mol. The zero-order valence-corrected chi connectivity index (χ0v) is 13.1. The van der Waals surface area contributed by atoms with E-state index in [-0.39, 0.29) is 17.7 Å². The van der Waals surface area contributed by atoms with Crippen LogP contribution in [0.3, 0.4) is 0 Å². The maximum absolute atomic E-state index is 12.2. The van der Waals surface area contributed by atoms with E-state index in [9.17, 15) is 9.59 Å². The number of carbonyl (C=O) groups is 2. The summed E-state index contributed by atoms with van der Waals surface area (Å²) in [5.41, 5.74) is 5.96. The van der Waals surface area contributed by atoms with Gasteiger partial charge in [0.2, 0.25) is 5.91 Å². The summed E-state index contributed by atoms with van der Waals surface area (Å²) < 4.78 is 0. The van der Waals surface area contributed by atoms with Gasteiger partial charge in [0.15, 0.2) is 5.13 Å². The quantitative estimate of drug-likeness (QED) is 0.807. The van der Waals surface area contributed by atoms with Gasteiger partial charge in [-0.3, -0.25) is 9.59 Å². The minimum Gasteiger partial charge on any atom is -0.375 e. The van der Waals surface area contributed by atoms with Crippen molar-refractivity contribution < 1.29 is 9.59 Å². The predicted octanol–water partition coefficient (Wildman–Crippen LogP) is 1.49. The van der Waals surface area contributed by atoms with Crippen molar-refractivity contribution in [2.24, 2.45) is 5.92 Å². The maximum Gasteiger partial charge on any atom is 0.273 e. The number of amides is 2. The Balaban J connectivity index is 1.80. The first kappa shape index (κ1) is 15.8. The standard InChI is InChI=1S/C14H22N4O2S/c1-2-3-6-16-12(19)10-4-7-18(8-5-10)13(20)11-9-21-14(15)17-11/h9-10H,2-8H2,1H3,(H2,15,17)(H,16,19). The molecule has 21 heavy (non-hydrogen) atoms. The van der Waals surface area contributed by atoms with Crippen LogP contribution in [-0.4, -0.2) is 41.3 Å². The molecule has 3 N–H and O–H groups in total. The Kier molecular flexibility index (Phi) is 5.55. The number of nitrogens with zero attached hydrogens (tertiary/aromatic N) is 2. The number of hydrogen-bond donors (Lipinski definition) is 2. The molecule has 116 valence electrons. The molecule has 0 bridgehead atoms. The normalized spacial score (nSPS) is 16.0. The molecule has 6 nitrogen and oxygen atoms in total. The minimum atomic E-state index is -0.0900. The number of carbonyl (C=O) groups excluding carboxylic acids is 2. The molecule has 1 aliphatic heterocycles. The van der Waals surface area contributed by atoms with E-state index in [1.807, 2.05) is 0 Å². The molecular weight excluding hydrogens is 288 g/mol. The molecule has 1 aromatic heterocycles. The van der Waals surface area contributed by atoms with Gasteiger partial charge in [-0.2, -0.15) is 0 Å². The third-order valence-corrected chi connectivity index (χ3v) is 4.40. The SMILES string of the molecule is CCCCNC(=O)C1CCN(C(=O)c2csc(N)n2)CC1. The first-order valence-corrected chi connectivity index (χ1v) is 8.27. The fraction of sp³-hybridized carbons (Fsp3) is 0.643. The molecule has 0 aromatic carbocycles. The van der Waals surface area contributed by atoms with Crippen molar-refractivity contribution in [2.45, 2.75) is 32.6 Å². The molecule has 1 fully saturated rings. The van der Waals surface area contributed by atoms with E-state index in [2.05, 4.69) is 17.2 Å². The first-order valence-electron chi connectivity index (χ1n) is 7.39. The third-order valence-electron chi connectivity index (χ3n) is 3.72. The molecule has 0 spiro atoms. The Morgan fingerprint density at radius 1 is 1.48 bits per heavy atom. The molecule has 2 heterocycles. The zero-order valence-electron chi connectivity index (χ0n) is 12.3. The number of unbranched alkanes of at least 4 members (excludes halogenated alkanes) is 1. The average Bonchev–Trinajstić information content (AvgIpc) is 2.93. The van der Waals surface area contributed by atoms with Gasteiger partial charge in [0.25, 0.3) is 5.91 Å². The van der Waals surface area contributed by atoms with Gasteiger partial charge in [0, 0.05) is 30.9 Å². The van der Waals surface area contributed by atoms with Gasteiger partial charge in [-0.1, -0.05) is 13.3 Å². The second kappa shape index (κ2) is 7.40. The van der Waals surface area contributed by atoms with E-state index in [0.717, 1.165) is 19.4 Å². The Hall–Kier alpha value is -1.63. The van der Waals surface area contributed by atoms with Crippen molar-refractivity contribution in [2.75, 3.05) is 25.4 Å². The van der Waals surface area contributed by atoms with E-state index in [1.165, 1.54) is 11.3 Å². The molecule has 0 radical (unpaired) electrons. The molecule has 0 unspecified atom stereocenters. The second-order valence-electron chi connectivity index (χ2n) is 5.28. The van der Waals surface area contributed by atoms with Crippen LogP contribution in [0.4, 0.5) is 5.13 Å². The molecule has 1 aromatic rings. The Labute approximate surface area is 128 Å². The zero-order chi connectivity index (χ0) is 15.2. The van der Waals surface area contributed by atoms with E-state index in [1.54, 1.807) is 10.3 Å². The number of nitrogens with one attached hydrogen (secondary N) is 1. The van der Waals surface area contributed by atoms with E-state index in [4.69, 9.17) is 5.73 Å². The Bertz CT molecular complexity index is 495. The van der Waals surface area contributed by atoms with E-state index >= 15 is 0 Å². The lowest BCUT2D eigenvalue weighted by Gasteiger charge is -2.30. The number of thiazole rings is 1. The highest BCUT2D eigenvalue weighted by Crippen LogP contribution is 2.20. The lowest BCUT2D eigenvalue weighted by atomic mass is 9.95. The van der Waals surface area contributed by atoms with Gasteiger partial charge < -0.3 is 16.0 Å². The third kappa shape index (κ3) is 4.17. The van der Waals surface area contributed by atoms with Crippen LogP contribution in [-0.2, 0) is 4.79 Å². The van der Waals surface area contributed by atoms with Crippen LogP contribution in [0.1, 0.15) is 43.1 Å². The van der Waals surface area contributed by atoms with Gasteiger partial charge >= 0.3 is 0 Å². The van der Waals surface area contributed by atoms with Crippen molar-refractivity contribution in [3.63, 3.8) is 0 Å². The molecule has 1 aliphatic rings. The van der Waals surface area contributed by atoms with Crippen LogP contribution in [0.25, 0.3) is 0 Å². The number of nitrogens with two attached hydrogens (primary N) is 1. The number of rotatable bonds is 5. The molecule has 2 amide bonds. The van der Waals surface area contributed by atoms with Gasteiger partial charge in [-0.15, -0.1) is 11.3 Å². The van der Waals surface area contributed by atoms with E-state index in [0.29, 0.717) is 36.8 Å². The van der Waals surface area contributed by atoms with Crippen LogP contribution in [0.15, 0.2) is 5.38 Å². The summed E-state index contributed by atoms with van der Waals surface area (Å²) in [5.74, 6) is 0.0488. The van der Waals surface area contributed by atoms with E-state index < -0.39 is 0 Å². The number of likely N-dealkylation sites (tertiary alicyclic amines) is 1. The van der Waals surface area contributed by atoms with Crippen molar-refractivity contribution in [3.05, 3.63) is 11.1 Å². The van der Waals surface area contributed by atoms with Crippen molar-refractivity contribution in [1.29, 1.82) is 0 Å². The summed E-state index contributed by atoms with van der Waals surface area (Å²) in [6.07, 6.45) is 3.50. The highest BCUT2D eigenvalue weighted by molar-refractivity contribution is 7.13. The fourth-order valence-corrected chi connectivity index (χ4v) is 2.96. The van der Waals surface area contributed by atoms with Crippen LogP contribution < -0.4 is 11.1 Å². The van der Waals surface area contributed by atoms with Crippen molar-refractivity contribution >= 4 is 28.3 Å². The summed E-state index contributed by atoms with van der Waals surface area (Å²) in [5, 5.41) is 5.05. The largest absolute Gasteiger partial charge is 0.375 e. The first-order chi connectivity index (χ1) is 10.1. The van der Waals surface area contributed by atoms with Gasteiger partial charge in [0.1, 0.15) is 5.69 Å². The second-order valence-corrected chi connectivity index (χ2v) is 6.17. The summed E-state index contributed by atoms with van der Waals surface area (Å²) >= 11 is 1.27. The highest BCUT2D eigenvalue weighted by atomic mass is 32.1. The molecular formula is C14H22N4O2S. The molecule has 1 saturated heterocycles. The topological polar surface area (TPSA) is 88.3 Å². The van der Waals surface area contributed by atoms with Gasteiger partial charge in [-0.25, -0.2) is 4.98 Å². The smallest absolute Gasteiger partial charge is 0.273 e. The number of piperidine rings is 1. The van der Waals surface area contributed by atoms with Crippen LogP contribution in [0.2, 0.25) is 0 Å². The highest BCUT2D eigenvalue weighted by Gasteiger charge is 2.28. The molecule has 7 heteroatoms. The average molecular weight is 310 g/mol. The molecule has 0 aliphatic carbocycles. The summed E-state index contributed by atoms with van der Waals surface area (Å²) in [7, 11) is 0. The number of nitrogen functional groups attached to an aromatic ring is 1. The number of anilines is 1. The van der Waals surface area contributed by atoms with Crippen LogP contribution >= 0.6 is 11.3 Å². The van der Waals surface area contributed by atoms with Crippen LogP contribution in [0, 0.1) is 5.92 Å². The monoisotopic (exact) mass is 310 g/mol. The number of hydrogen-bond acceptors (Lipinski definition) is 5. The van der Waals surface area contributed by atoms with Gasteiger partial charge in [0.05, 0.1) is 0 Å².